The van der Waals surface area contributed by atoms with Gasteiger partial charge in [0, 0.05) is 17.5 Å². The van der Waals surface area contributed by atoms with Gasteiger partial charge < -0.3 is 21.7 Å². The van der Waals surface area contributed by atoms with Gasteiger partial charge in [-0.05, 0) is 29.8 Å². The fraction of sp³-hybridized carbons (Fsp3) is 0. The van der Waals surface area contributed by atoms with Crippen LogP contribution in [0.1, 0.15) is 15.9 Å². The lowest BCUT2D eigenvalue weighted by Gasteiger charge is -1.98. The van der Waals surface area contributed by atoms with Gasteiger partial charge in [-0.25, -0.2) is 9.59 Å². The van der Waals surface area contributed by atoms with E-state index in [-0.39, 0.29) is 5.56 Å². The number of nitrogen functional groups attached to an aromatic ring is 2. The number of benzene rings is 2. The van der Waals surface area contributed by atoms with Crippen LogP contribution < -0.4 is 11.5 Å². The summed E-state index contributed by atoms with van der Waals surface area (Å²) in [5.74, 6) is -1.95. The Labute approximate surface area is 127 Å². The summed E-state index contributed by atoms with van der Waals surface area (Å²) in [6.07, 6.45) is 2.68. The summed E-state index contributed by atoms with van der Waals surface area (Å²) in [7, 11) is 0. The lowest BCUT2D eigenvalue weighted by molar-refractivity contribution is -0.131. The molecule has 2 aromatic carbocycles. The molecule has 0 radical (unpaired) electrons. The number of carboxylic acids is 2. The number of aromatic carboxylic acids is 1. The molecule has 6 heteroatoms. The van der Waals surface area contributed by atoms with Crippen LogP contribution in [0.2, 0.25) is 0 Å². The number of nitrogens with two attached hydrogens (primary N) is 2. The summed E-state index contributed by atoms with van der Waals surface area (Å²) < 4.78 is 0. The van der Waals surface area contributed by atoms with Crippen molar-refractivity contribution in [2.24, 2.45) is 0 Å². The molecular formula is C16H16N2O4. The molecule has 0 aliphatic rings. The smallest absolute Gasteiger partial charge is 0.335 e. The average molecular weight is 300 g/mol. The van der Waals surface area contributed by atoms with Gasteiger partial charge in [0.15, 0.2) is 0 Å². The zero-order valence-electron chi connectivity index (χ0n) is 11.6. The predicted molar refractivity (Wildman–Crippen MR) is 85.3 cm³/mol. The van der Waals surface area contributed by atoms with E-state index in [9.17, 15) is 9.59 Å². The first kappa shape index (κ1) is 16.8. The van der Waals surface area contributed by atoms with Gasteiger partial charge in [-0.2, -0.15) is 0 Å². The van der Waals surface area contributed by atoms with Crippen LogP contribution >= 0.6 is 0 Å². The maximum Gasteiger partial charge on any atom is 0.335 e. The molecule has 0 amide bonds. The molecule has 22 heavy (non-hydrogen) atoms. The second kappa shape index (κ2) is 8.11. The molecule has 0 fully saturated rings. The maximum absolute atomic E-state index is 10.4. The summed E-state index contributed by atoms with van der Waals surface area (Å²) in [5, 5.41) is 16.8. The Balaban J connectivity index is 0.000000220. The zero-order chi connectivity index (χ0) is 16.5. The van der Waals surface area contributed by atoms with Crippen LogP contribution in [0.3, 0.4) is 0 Å². The van der Waals surface area contributed by atoms with Crippen LogP contribution in [-0.2, 0) is 4.79 Å². The Bertz CT molecular complexity index is 662. The maximum atomic E-state index is 10.4. The molecule has 0 atom stereocenters. The van der Waals surface area contributed by atoms with Crippen molar-refractivity contribution in [2.45, 2.75) is 0 Å². The summed E-state index contributed by atoms with van der Waals surface area (Å²) >= 11 is 0. The Morgan fingerprint density at radius 1 is 0.909 bits per heavy atom. The van der Waals surface area contributed by atoms with E-state index in [1.807, 2.05) is 30.3 Å². The molecule has 114 valence electrons. The van der Waals surface area contributed by atoms with Gasteiger partial charge >= 0.3 is 11.9 Å². The Morgan fingerprint density at radius 2 is 1.45 bits per heavy atom. The molecule has 0 unspecified atom stereocenters. The van der Waals surface area contributed by atoms with Gasteiger partial charge in [-0.1, -0.05) is 30.3 Å². The van der Waals surface area contributed by atoms with Gasteiger partial charge in [-0.3, -0.25) is 0 Å². The molecule has 0 saturated carbocycles. The minimum atomic E-state index is -1.02. The molecular weight excluding hydrogens is 284 g/mol. The monoisotopic (exact) mass is 300 g/mol. The van der Waals surface area contributed by atoms with Gasteiger partial charge in [0.1, 0.15) is 0 Å². The SMILES string of the molecule is Nc1cc(N)cc(C(=O)O)c1.O=C(O)C=Cc1ccccc1. The lowest BCUT2D eigenvalue weighted by atomic mass is 10.2. The highest BCUT2D eigenvalue weighted by molar-refractivity contribution is 5.90. The number of hydrogen-bond acceptors (Lipinski definition) is 4. The molecule has 2 aromatic rings. The molecule has 0 aliphatic carbocycles. The van der Waals surface area contributed by atoms with E-state index in [0.717, 1.165) is 11.6 Å². The molecule has 6 N–H and O–H groups in total. The highest BCUT2D eigenvalue weighted by Crippen LogP contribution is 2.12. The fourth-order valence-corrected chi connectivity index (χ4v) is 1.53. The first-order chi connectivity index (χ1) is 10.4. The molecule has 0 heterocycles. The van der Waals surface area contributed by atoms with E-state index in [1.165, 1.54) is 18.2 Å². The lowest BCUT2D eigenvalue weighted by Crippen LogP contribution is -1.99. The van der Waals surface area contributed by atoms with Crippen molar-refractivity contribution < 1.29 is 19.8 Å². The first-order valence-electron chi connectivity index (χ1n) is 6.24. The Hall–Kier alpha value is -3.28. The second-order valence-corrected chi connectivity index (χ2v) is 4.28. The molecule has 0 saturated heterocycles. The number of rotatable bonds is 3. The summed E-state index contributed by atoms with van der Waals surface area (Å²) in [4.78, 5) is 20.5. The minimum absolute atomic E-state index is 0.113. The largest absolute Gasteiger partial charge is 0.478 e. The van der Waals surface area contributed by atoms with Crippen LogP contribution in [0.25, 0.3) is 6.08 Å². The number of hydrogen-bond donors (Lipinski definition) is 4. The van der Waals surface area contributed by atoms with Crippen molar-refractivity contribution in [3.05, 3.63) is 65.7 Å². The fourth-order valence-electron chi connectivity index (χ4n) is 1.53. The van der Waals surface area contributed by atoms with Crippen molar-refractivity contribution in [3.8, 4) is 0 Å². The molecule has 6 nitrogen and oxygen atoms in total. The average Bonchev–Trinajstić information content (AvgIpc) is 2.46. The molecule has 0 aromatic heterocycles. The van der Waals surface area contributed by atoms with Gasteiger partial charge in [0.05, 0.1) is 5.56 Å². The third-order valence-corrected chi connectivity index (χ3v) is 2.44. The van der Waals surface area contributed by atoms with Gasteiger partial charge in [0.2, 0.25) is 0 Å². The number of aliphatic carboxylic acids is 1. The first-order valence-corrected chi connectivity index (χ1v) is 6.24. The summed E-state index contributed by atoms with van der Waals surface area (Å²) in [6, 6.07) is 13.5. The van der Waals surface area contributed by atoms with Crippen LogP contribution in [0.4, 0.5) is 11.4 Å². The normalized spacial score (nSPS) is 9.82. The van der Waals surface area contributed by atoms with E-state index in [0.29, 0.717) is 11.4 Å². The van der Waals surface area contributed by atoms with E-state index in [4.69, 9.17) is 21.7 Å². The number of carbonyl (C=O) groups is 2. The number of carboxylic acid groups (broad SMARTS) is 2. The van der Waals surface area contributed by atoms with Gasteiger partial charge in [-0.15, -0.1) is 0 Å². The van der Waals surface area contributed by atoms with Crippen LogP contribution in [-0.4, -0.2) is 22.2 Å². The Morgan fingerprint density at radius 3 is 1.91 bits per heavy atom. The Kier molecular flexibility index (Phi) is 6.18. The van der Waals surface area contributed by atoms with Crippen LogP contribution in [0.5, 0.6) is 0 Å². The van der Waals surface area contributed by atoms with Crippen molar-refractivity contribution in [2.75, 3.05) is 11.5 Å². The molecule has 0 bridgehead atoms. The third kappa shape index (κ3) is 6.25. The minimum Gasteiger partial charge on any atom is -0.478 e. The van der Waals surface area contributed by atoms with Crippen LogP contribution in [0, 0.1) is 0 Å². The van der Waals surface area contributed by atoms with Crippen molar-refractivity contribution in [1.29, 1.82) is 0 Å². The van der Waals surface area contributed by atoms with Crippen LogP contribution in [0.15, 0.2) is 54.6 Å². The zero-order valence-corrected chi connectivity index (χ0v) is 11.6. The molecule has 0 spiro atoms. The predicted octanol–water partition coefficient (Wildman–Crippen LogP) is 2.33. The summed E-state index contributed by atoms with van der Waals surface area (Å²) in [5.41, 5.74) is 12.4. The number of anilines is 2. The topological polar surface area (TPSA) is 127 Å². The van der Waals surface area contributed by atoms with E-state index in [2.05, 4.69) is 0 Å². The van der Waals surface area contributed by atoms with E-state index in [1.54, 1.807) is 6.08 Å². The van der Waals surface area contributed by atoms with E-state index >= 15 is 0 Å². The standard InChI is InChI=1S/C9H8O2.C7H8N2O2/c10-9(11)7-6-8-4-2-1-3-5-8;8-5-1-4(7(10)11)2-6(9)3-5/h1-7H,(H,10,11);1-3H,8-9H2,(H,10,11). The summed E-state index contributed by atoms with van der Waals surface area (Å²) in [6.45, 7) is 0. The van der Waals surface area contributed by atoms with Gasteiger partial charge in [0.25, 0.3) is 0 Å². The highest BCUT2D eigenvalue weighted by Gasteiger charge is 2.03. The third-order valence-electron chi connectivity index (χ3n) is 2.44. The van der Waals surface area contributed by atoms with Crippen molar-refractivity contribution in [3.63, 3.8) is 0 Å². The molecule has 0 aliphatic heterocycles. The highest BCUT2D eigenvalue weighted by atomic mass is 16.4. The van der Waals surface area contributed by atoms with Crippen molar-refractivity contribution in [1.82, 2.24) is 0 Å². The molecule has 2 rings (SSSR count). The second-order valence-electron chi connectivity index (χ2n) is 4.28. The van der Waals surface area contributed by atoms with E-state index < -0.39 is 11.9 Å². The van der Waals surface area contributed by atoms with Crippen molar-refractivity contribution >= 4 is 29.4 Å². The quantitative estimate of drug-likeness (QED) is 0.509.